The van der Waals surface area contributed by atoms with Gasteiger partial charge >= 0.3 is 0 Å². The summed E-state index contributed by atoms with van der Waals surface area (Å²) < 4.78 is 12.1. The normalized spacial score (nSPS) is 22.2. The first-order valence-electron chi connectivity index (χ1n) is 13.1. The van der Waals surface area contributed by atoms with Crippen LogP contribution in [0.3, 0.4) is 0 Å². The number of para-hydroxylation sites is 2. The topological polar surface area (TPSA) is 59.1 Å². The van der Waals surface area contributed by atoms with Gasteiger partial charge in [0, 0.05) is 20.1 Å². The van der Waals surface area contributed by atoms with Crippen LogP contribution in [0.4, 0.5) is 0 Å². The molecule has 1 heterocycles. The first-order chi connectivity index (χ1) is 17.1. The van der Waals surface area contributed by atoms with Crippen LogP contribution in [0, 0.1) is 0 Å². The van der Waals surface area contributed by atoms with Gasteiger partial charge < -0.3 is 19.3 Å². The summed E-state index contributed by atoms with van der Waals surface area (Å²) in [7, 11) is 3.48. The highest BCUT2D eigenvalue weighted by Crippen LogP contribution is 2.32. The Morgan fingerprint density at radius 3 is 2.40 bits per heavy atom. The van der Waals surface area contributed by atoms with Crippen molar-refractivity contribution in [2.75, 3.05) is 27.2 Å². The van der Waals surface area contributed by atoms with E-state index in [-0.39, 0.29) is 24.0 Å². The predicted octanol–water partition coefficient (Wildman–Crippen LogP) is 5.56. The monoisotopic (exact) mass is 478 g/mol. The zero-order chi connectivity index (χ0) is 24.6. The summed E-state index contributed by atoms with van der Waals surface area (Å²) >= 11 is 0. The second kappa shape index (κ2) is 12.1. The first-order valence-corrected chi connectivity index (χ1v) is 13.1. The average molecular weight is 479 g/mol. The van der Waals surface area contributed by atoms with Gasteiger partial charge in [0.05, 0.1) is 24.3 Å². The number of nitrogens with zero attached hydrogens (tertiary/aromatic N) is 2. The van der Waals surface area contributed by atoms with Crippen LogP contribution < -0.4 is 9.47 Å². The maximum absolute atomic E-state index is 13.9. The van der Waals surface area contributed by atoms with E-state index in [0.29, 0.717) is 29.2 Å². The fraction of sp³-hybridized carbons (Fsp3) is 0.517. The minimum absolute atomic E-state index is 0.00337. The van der Waals surface area contributed by atoms with Crippen molar-refractivity contribution in [3.05, 3.63) is 59.7 Å². The minimum atomic E-state index is -0.160. The van der Waals surface area contributed by atoms with E-state index in [4.69, 9.17) is 9.47 Å². The maximum atomic E-state index is 13.9. The lowest BCUT2D eigenvalue weighted by Crippen LogP contribution is -2.51. The van der Waals surface area contributed by atoms with Crippen LogP contribution in [0.25, 0.3) is 0 Å². The molecule has 0 unspecified atom stereocenters. The van der Waals surface area contributed by atoms with E-state index in [2.05, 4.69) is 0 Å². The molecular formula is C29H38N2O4. The van der Waals surface area contributed by atoms with Crippen LogP contribution in [-0.2, 0) is 0 Å². The van der Waals surface area contributed by atoms with Crippen LogP contribution >= 0.6 is 0 Å². The highest BCUT2D eigenvalue weighted by molar-refractivity contribution is 5.97. The summed E-state index contributed by atoms with van der Waals surface area (Å²) in [4.78, 5) is 31.0. The van der Waals surface area contributed by atoms with Gasteiger partial charge in [0.25, 0.3) is 11.8 Å². The fourth-order valence-corrected chi connectivity index (χ4v) is 5.34. The minimum Gasteiger partial charge on any atom is -0.496 e. The number of benzene rings is 2. The highest BCUT2D eigenvalue weighted by atomic mass is 16.5. The van der Waals surface area contributed by atoms with Crippen molar-refractivity contribution in [1.29, 1.82) is 0 Å². The summed E-state index contributed by atoms with van der Waals surface area (Å²) in [5.74, 6) is 1.20. The maximum Gasteiger partial charge on any atom is 0.257 e. The Morgan fingerprint density at radius 1 is 0.886 bits per heavy atom. The van der Waals surface area contributed by atoms with Crippen molar-refractivity contribution in [3.8, 4) is 11.5 Å². The molecule has 0 radical (unpaired) electrons. The van der Waals surface area contributed by atoms with Gasteiger partial charge in [-0.05, 0) is 56.4 Å². The fourth-order valence-electron chi connectivity index (χ4n) is 5.34. The van der Waals surface area contributed by atoms with Crippen molar-refractivity contribution in [1.82, 2.24) is 9.80 Å². The summed E-state index contributed by atoms with van der Waals surface area (Å²) in [6.07, 6.45) is 8.86. The second-order valence-electron chi connectivity index (χ2n) is 9.70. The molecule has 0 aromatic heterocycles. The number of carbonyl (C=O) groups excluding carboxylic acids is 2. The number of hydrogen-bond donors (Lipinski definition) is 0. The predicted molar refractivity (Wildman–Crippen MR) is 137 cm³/mol. The van der Waals surface area contributed by atoms with Gasteiger partial charge in [-0.3, -0.25) is 9.59 Å². The van der Waals surface area contributed by atoms with Gasteiger partial charge in [0.2, 0.25) is 0 Å². The zero-order valence-corrected chi connectivity index (χ0v) is 21.1. The van der Waals surface area contributed by atoms with Gasteiger partial charge in [-0.1, -0.05) is 49.9 Å². The number of methoxy groups -OCH3 is 1. The molecule has 6 heteroatoms. The molecule has 188 valence electrons. The van der Waals surface area contributed by atoms with Crippen molar-refractivity contribution in [3.63, 3.8) is 0 Å². The molecule has 4 rings (SSSR count). The van der Waals surface area contributed by atoms with Crippen LogP contribution in [0.5, 0.6) is 11.5 Å². The van der Waals surface area contributed by atoms with E-state index < -0.39 is 0 Å². The largest absolute Gasteiger partial charge is 0.496 e. The van der Waals surface area contributed by atoms with Gasteiger partial charge in [-0.2, -0.15) is 0 Å². The van der Waals surface area contributed by atoms with E-state index in [0.717, 1.165) is 64.3 Å². The molecule has 0 bridgehead atoms. The molecule has 2 aromatic carbocycles. The highest BCUT2D eigenvalue weighted by Gasteiger charge is 2.36. The van der Waals surface area contributed by atoms with Crippen molar-refractivity contribution in [2.24, 2.45) is 0 Å². The molecule has 1 saturated carbocycles. The van der Waals surface area contributed by atoms with E-state index in [9.17, 15) is 9.59 Å². The first kappa shape index (κ1) is 25.1. The Balaban J connectivity index is 1.69. The third-order valence-electron chi connectivity index (χ3n) is 7.30. The van der Waals surface area contributed by atoms with Crippen molar-refractivity contribution in [2.45, 2.75) is 69.9 Å². The van der Waals surface area contributed by atoms with Crippen LogP contribution in [0.2, 0.25) is 0 Å². The molecule has 1 aliphatic heterocycles. The number of rotatable bonds is 2. The number of hydrogen-bond acceptors (Lipinski definition) is 4. The lowest BCUT2D eigenvalue weighted by Gasteiger charge is -2.40. The second-order valence-corrected chi connectivity index (χ2v) is 9.70. The molecule has 1 aliphatic carbocycles. The smallest absolute Gasteiger partial charge is 0.257 e. The van der Waals surface area contributed by atoms with Crippen LogP contribution in [-0.4, -0.2) is 61.0 Å². The zero-order valence-electron chi connectivity index (χ0n) is 21.1. The summed E-state index contributed by atoms with van der Waals surface area (Å²) in [6, 6.07) is 14.9. The molecule has 2 aromatic rings. The molecule has 2 aliphatic rings. The third-order valence-corrected chi connectivity index (χ3v) is 7.30. The van der Waals surface area contributed by atoms with Gasteiger partial charge in [0.1, 0.15) is 17.6 Å². The van der Waals surface area contributed by atoms with Gasteiger partial charge in [-0.25, -0.2) is 0 Å². The van der Waals surface area contributed by atoms with E-state index in [1.165, 1.54) is 0 Å². The Labute approximate surface area is 209 Å². The van der Waals surface area contributed by atoms with Crippen LogP contribution in [0.15, 0.2) is 48.5 Å². The molecule has 35 heavy (non-hydrogen) atoms. The van der Waals surface area contributed by atoms with Gasteiger partial charge in [-0.15, -0.1) is 0 Å². The molecule has 0 spiro atoms. The van der Waals surface area contributed by atoms with Crippen molar-refractivity contribution >= 4 is 11.8 Å². The lowest BCUT2D eigenvalue weighted by molar-refractivity contribution is 0.0268. The molecule has 6 nitrogen and oxygen atoms in total. The third kappa shape index (κ3) is 5.98. The molecule has 0 saturated heterocycles. The number of fused-ring (bicyclic) bond motifs is 2. The Morgan fingerprint density at radius 2 is 1.57 bits per heavy atom. The molecule has 2 amide bonds. The van der Waals surface area contributed by atoms with E-state index in [1.807, 2.05) is 60.5 Å². The average Bonchev–Trinajstić information content (AvgIpc) is 2.90. The van der Waals surface area contributed by atoms with Crippen LogP contribution in [0.1, 0.15) is 78.5 Å². The van der Waals surface area contributed by atoms with Gasteiger partial charge in [0.15, 0.2) is 0 Å². The Kier molecular flexibility index (Phi) is 8.67. The summed E-state index contributed by atoms with van der Waals surface area (Å²) in [6.45, 7) is 1.43. The lowest BCUT2D eigenvalue weighted by atomic mass is 9.90. The molecule has 0 N–H and O–H groups in total. The van der Waals surface area contributed by atoms with E-state index in [1.54, 1.807) is 12.0 Å². The standard InChI is InChI=1S/C29H38N2O4/c1-30-20-12-4-3-5-13-21-31(29(33)22-14-6-9-17-25(22)34-2)24-16-8-11-19-27(24)35-26-18-10-7-15-23(26)28(30)32/h6-7,9-10,14-15,17-18,24,27H,3-5,8,11-13,16,19-21H2,1-2H3/t24-,27+/m1/s1. The Hall–Kier alpha value is -3.02. The Bertz CT molecular complexity index is 1010. The quantitative estimate of drug-likeness (QED) is 0.567. The summed E-state index contributed by atoms with van der Waals surface area (Å²) in [5.41, 5.74) is 1.19. The summed E-state index contributed by atoms with van der Waals surface area (Å²) in [5, 5.41) is 0. The number of carbonyl (C=O) groups is 2. The van der Waals surface area contributed by atoms with Crippen molar-refractivity contribution < 1.29 is 19.1 Å². The molecular weight excluding hydrogens is 440 g/mol. The molecule has 2 atom stereocenters. The van der Waals surface area contributed by atoms with E-state index >= 15 is 0 Å². The molecule has 1 fully saturated rings. The number of ether oxygens (including phenoxy) is 2. The number of amides is 2. The SMILES string of the molecule is COc1ccccc1C(=O)N1CCCCCCCN(C)C(=O)c2ccccc2O[C@H]2CCCC[C@H]21.